The summed E-state index contributed by atoms with van der Waals surface area (Å²) in [6, 6.07) is 8.47. The van der Waals surface area contributed by atoms with Gasteiger partial charge in [0.1, 0.15) is 11.8 Å². The highest BCUT2D eigenvalue weighted by Crippen LogP contribution is 2.20. The lowest BCUT2D eigenvalue weighted by atomic mass is 10.2. The smallest absolute Gasteiger partial charge is 0.361 e. The van der Waals surface area contributed by atoms with Crippen LogP contribution in [0.4, 0.5) is 5.69 Å². The minimum Gasteiger partial charge on any atom is -0.422 e. The molecule has 1 unspecified atom stereocenters. The largest absolute Gasteiger partial charge is 0.422 e. The van der Waals surface area contributed by atoms with Crippen LogP contribution < -0.4 is 10.1 Å². The topological polar surface area (TPSA) is 111 Å². The molecule has 3 rings (SSSR count). The Morgan fingerprint density at radius 3 is 2.83 bits per heavy atom. The molecule has 0 bridgehead atoms. The predicted octanol–water partition coefficient (Wildman–Crippen LogP) is 1.78. The fraction of sp³-hybridized carbons (Fsp3) is 0.214. The third-order valence-electron chi connectivity index (χ3n) is 3.19. The molecule has 0 saturated heterocycles. The van der Waals surface area contributed by atoms with E-state index in [1.807, 2.05) is 6.92 Å². The molecule has 9 heteroatoms. The maximum Gasteiger partial charge on any atom is 0.361 e. The fourth-order valence-electron chi connectivity index (χ4n) is 2.09. The van der Waals surface area contributed by atoms with E-state index in [-0.39, 0.29) is 18.0 Å². The van der Waals surface area contributed by atoms with Crippen LogP contribution in [-0.2, 0) is 4.79 Å². The van der Waals surface area contributed by atoms with Crippen LogP contribution in [0, 0.1) is 0 Å². The molecule has 0 saturated carbocycles. The van der Waals surface area contributed by atoms with Crippen LogP contribution in [0.15, 0.2) is 42.7 Å². The van der Waals surface area contributed by atoms with Gasteiger partial charge in [-0.15, -0.1) is 0 Å². The van der Waals surface area contributed by atoms with Crippen molar-refractivity contribution in [3.05, 3.63) is 42.7 Å². The Balaban J connectivity index is 1.64. The number of benzene rings is 1. The number of ether oxygens (including phenoxy) is 1. The number of aromatic amines is 1. The molecule has 1 atom stereocenters. The predicted molar refractivity (Wildman–Crippen MR) is 80.9 cm³/mol. The number of carbonyl (C=O) groups is 1. The lowest BCUT2D eigenvalue weighted by molar-refractivity contribution is -0.119. The Morgan fingerprint density at radius 2 is 2.22 bits per heavy atom. The maximum atomic E-state index is 12.3. The van der Waals surface area contributed by atoms with Crippen molar-refractivity contribution in [2.45, 2.75) is 19.4 Å². The first-order chi connectivity index (χ1) is 11.3. The Bertz CT molecular complexity index is 738. The van der Waals surface area contributed by atoms with Gasteiger partial charge in [-0.2, -0.15) is 10.3 Å². The highest BCUT2D eigenvalue weighted by molar-refractivity contribution is 5.93. The second kappa shape index (κ2) is 6.69. The van der Waals surface area contributed by atoms with Crippen molar-refractivity contribution in [1.29, 1.82) is 0 Å². The lowest BCUT2D eigenvalue weighted by Crippen LogP contribution is -2.25. The SMILES string of the molecule is CCC(C(=O)Nc1ccc(Oc2nn[nH]n2)cc1)n1cccn1. The quantitative estimate of drug-likeness (QED) is 0.717. The van der Waals surface area contributed by atoms with E-state index in [2.05, 4.69) is 31.0 Å². The number of aromatic nitrogens is 6. The van der Waals surface area contributed by atoms with Gasteiger partial charge >= 0.3 is 6.01 Å². The second-order valence-corrected chi connectivity index (χ2v) is 4.72. The van der Waals surface area contributed by atoms with Gasteiger partial charge in [-0.1, -0.05) is 17.1 Å². The number of H-pyrrole nitrogens is 1. The number of rotatable bonds is 6. The first-order valence-corrected chi connectivity index (χ1v) is 7.07. The number of carbonyl (C=O) groups excluding carboxylic acids is 1. The minimum absolute atomic E-state index is 0.122. The van der Waals surface area contributed by atoms with E-state index in [4.69, 9.17) is 4.74 Å². The van der Waals surface area contributed by atoms with Crippen LogP contribution in [-0.4, -0.2) is 36.3 Å². The van der Waals surface area contributed by atoms with E-state index in [1.165, 1.54) is 0 Å². The van der Waals surface area contributed by atoms with Crippen LogP contribution in [0.5, 0.6) is 11.8 Å². The zero-order chi connectivity index (χ0) is 16.1. The van der Waals surface area contributed by atoms with Gasteiger partial charge in [0.2, 0.25) is 5.91 Å². The first kappa shape index (κ1) is 14.7. The molecular formula is C14H15N7O2. The number of hydrogen-bond acceptors (Lipinski definition) is 6. The van der Waals surface area contributed by atoms with E-state index >= 15 is 0 Å². The summed E-state index contributed by atoms with van der Waals surface area (Å²) in [5.41, 5.74) is 0.668. The molecule has 9 nitrogen and oxygen atoms in total. The van der Waals surface area contributed by atoms with Gasteiger partial charge in [0.25, 0.3) is 0 Å². The van der Waals surface area contributed by atoms with Crippen LogP contribution in [0.2, 0.25) is 0 Å². The third kappa shape index (κ3) is 3.51. The Hall–Kier alpha value is -3.23. The molecule has 118 valence electrons. The molecule has 0 radical (unpaired) electrons. The Morgan fingerprint density at radius 1 is 1.39 bits per heavy atom. The molecule has 0 aliphatic rings. The van der Waals surface area contributed by atoms with Crippen molar-refractivity contribution in [2.24, 2.45) is 0 Å². The van der Waals surface area contributed by atoms with Crippen molar-refractivity contribution >= 4 is 11.6 Å². The Kier molecular flexibility index (Phi) is 4.27. The summed E-state index contributed by atoms with van der Waals surface area (Å²) < 4.78 is 7.00. The van der Waals surface area contributed by atoms with Crippen LogP contribution >= 0.6 is 0 Å². The lowest BCUT2D eigenvalue weighted by Gasteiger charge is -2.15. The fourth-order valence-corrected chi connectivity index (χ4v) is 2.09. The van der Waals surface area contributed by atoms with Crippen molar-refractivity contribution < 1.29 is 9.53 Å². The number of anilines is 1. The molecule has 1 aromatic carbocycles. The normalized spacial score (nSPS) is 11.9. The van der Waals surface area contributed by atoms with Crippen molar-refractivity contribution in [1.82, 2.24) is 30.4 Å². The highest BCUT2D eigenvalue weighted by Gasteiger charge is 2.18. The van der Waals surface area contributed by atoms with Crippen molar-refractivity contribution in [3.8, 4) is 11.8 Å². The van der Waals surface area contributed by atoms with Gasteiger partial charge in [0.15, 0.2) is 0 Å². The van der Waals surface area contributed by atoms with Gasteiger partial charge < -0.3 is 10.1 Å². The van der Waals surface area contributed by atoms with E-state index < -0.39 is 0 Å². The summed E-state index contributed by atoms with van der Waals surface area (Å²) in [6.45, 7) is 1.94. The molecule has 1 amide bonds. The van der Waals surface area contributed by atoms with Crippen LogP contribution in [0.3, 0.4) is 0 Å². The van der Waals surface area contributed by atoms with Gasteiger partial charge in [-0.05, 0) is 42.0 Å². The molecule has 2 aromatic heterocycles. The Labute approximate surface area is 131 Å². The first-order valence-electron chi connectivity index (χ1n) is 7.07. The molecule has 0 spiro atoms. The summed E-state index contributed by atoms with van der Waals surface area (Å²) >= 11 is 0. The molecule has 3 aromatic rings. The third-order valence-corrected chi connectivity index (χ3v) is 3.19. The maximum absolute atomic E-state index is 12.3. The van der Waals surface area contributed by atoms with E-state index in [1.54, 1.807) is 47.4 Å². The van der Waals surface area contributed by atoms with Gasteiger partial charge in [0.05, 0.1) is 0 Å². The van der Waals surface area contributed by atoms with Crippen LogP contribution in [0.25, 0.3) is 0 Å². The monoisotopic (exact) mass is 313 g/mol. The number of nitrogens with one attached hydrogen (secondary N) is 2. The number of tetrazole rings is 1. The average Bonchev–Trinajstić information content (AvgIpc) is 3.24. The standard InChI is InChI=1S/C14H15N7O2/c1-2-12(21-9-3-8-15-21)13(22)16-10-4-6-11(7-5-10)23-14-17-19-20-18-14/h3-9,12H,2H2,1H3,(H,16,22)(H,17,18,19,20). The molecule has 23 heavy (non-hydrogen) atoms. The van der Waals surface area contributed by atoms with Gasteiger partial charge in [-0.25, -0.2) is 0 Å². The van der Waals surface area contributed by atoms with E-state index in [9.17, 15) is 4.79 Å². The van der Waals surface area contributed by atoms with Crippen molar-refractivity contribution in [3.63, 3.8) is 0 Å². The molecule has 0 fully saturated rings. The molecule has 2 N–H and O–H groups in total. The average molecular weight is 313 g/mol. The summed E-state index contributed by atoms with van der Waals surface area (Å²) in [6.07, 6.45) is 4.07. The summed E-state index contributed by atoms with van der Waals surface area (Å²) in [4.78, 5) is 12.3. The second-order valence-electron chi connectivity index (χ2n) is 4.72. The minimum atomic E-state index is -0.347. The van der Waals surface area contributed by atoms with E-state index in [0.29, 0.717) is 17.9 Å². The van der Waals surface area contributed by atoms with Gasteiger partial charge in [-0.3, -0.25) is 9.48 Å². The highest BCUT2D eigenvalue weighted by atomic mass is 16.5. The number of hydrogen-bond donors (Lipinski definition) is 2. The summed E-state index contributed by atoms with van der Waals surface area (Å²) in [5, 5.41) is 20.1. The van der Waals surface area contributed by atoms with E-state index in [0.717, 1.165) is 0 Å². The molecule has 0 aliphatic carbocycles. The van der Waals surface area contributed by atoms with Crippen LogP contribution in [0.1, 0.15) is 19.4 Å². The number of nitrogens with zero attached hydrogens (tertiary/aromatic N) is 5. The van der Waals surface area contributed by atoms with Gasteiger partial charge in [0, 0.05) is 18.1 Å². The zero-order valence-electron chi connectivity index (χ0n) is 12.4. The van der Waals surface area contributed by atoms with Crippen molar-refractivity contribution in [2.75, 3.05) is 5.32 Å². The molecule has 2 heterocycles. The molecule has 0 aliphatic heterocycles. The molecular weight excluding hydrogens is 298 g/mol. The number of amides is 1. The summed E-state index contributed by atoms with van der Waals surface area (Å²) in [7, 11) is 0. The zero-order valence-corrected chi connectivity index (χ0v) is 12.4. The summed E-state index contributed by atoms with van der Waals surface area (Å²) in [5.74, 6) is 0.423.